The molecular weight excluding hydrogens is 787 g/mol. The van der Waals surface area contributed by atoms with Crippen LogP contribution in [0.25, 0.3) is 89.2 Å². The van der Waals surface area contributed by atoms with Gasteiger partial charge in [-0.05, 0) is 102 Å². The van der Waals surface area contributed by atoms with E-state index in [1.807, 2.05) is 30.5 Å². The van der Waals surface area contributed by atoms with E-state index < -0.39 is 5.41 Å². The molecule has 2 heterocycles. The molecule has 11 aromatic rings. The van der Waals surface area contributed by atoms with Gasteiger partial charge in [-0.1, -0.05) is 206 Å². The molecule has 2 aromatic heterocycles. The highest BCUT2D eigenvalue weighted by Gasteiger charge is 2.46. The van der Waals surface area contributed by atoms with E-state index >= 15 is 0 Å². The summed E-state index contributed by atoms with van der Waals surface area (Å²) in [6, 6.07) is 85.2. The lowest BCUT2D eigenvalue weighted by atomic mass is 9.67. The summed E-state index contributed by atoms with van der Waals surface area (Å²) >= 11 is 0. The van der Waals surface area contributed by atoms with Gasteiger partial charge in [0, 0.05) is 34.6 Å². The first-order valence-electron chi connectivity index (χ1n) is 22.2. The number of benzene rings is 9. The Balaban J connectivity index is 0.967. The maximum absolute atomic E-state index is 5.26. The smallest absolute Gasteiger partial charge is 0.160 e. The van der Waals surface area contributed by atoms with Crippen LogP contribution in [-0.2, 0) is 5.41 Å². The molecule has 0 fully saturated rings. The zero-order valence-electron chi connectivity index (χ0n) is 35.5. The van der Waals surface area contributed by atoms with Gasteiger partial charge >= 0.3 is 0 Å². The fraction of sp³-hybridized carbons (Fsp3) is 0.0161. The molecule has 0 saturated carbocycles. The number of rotatable bonds is 8. The van der Waals surface area contributed by atoms with Crippen LogP contribution in [0.4, 0.5) is 0 Å². The number of nitrogens with zero attached hydrogens (tertiary/aromatic N) is 3. The molecular formula is C62H41N3. The topological polar surface area (TPSA) is 38.7 Å². The Morgan fingerprint density at radius 2 is 0.831 bits per heavy atom. The average molecular weight is 828 g/mol. The maximum atomic E-state index is 5.26. The van der Waals surface area contributed by atoms with Gasteiger partial charge in [0.2, 0.25) is 0 Å². The molecule has 0 aliphatic heterocycles. The van der Waals surface area contributed by atoms with Crippen LogP contribution in [0.1, 0.15) is 22.3 Å². The van der Waals surface area contributed by atoms with Gasteiger partial charge in [-0.2, -0.15) is 0 Å². The lowest BCUT2D eigenvalue weighted by molar-refractivity contribution is 0.768. The second kappa shape index (κ2) is 16.0. The summed E-state index contributed by atoms with van der Waals surface area (Å²) in [5.74, 6) is 0.687. The molecule has 0 radical (unpaired) electrons. The SMILES string of the molecule is c1ccc(-c2nc(-c3cccc(-c4cccnc4)c3)cc(-c3ccc(-c4cccc(-c5ccc6c(c5)-c5ccccc5C6(c5ccccc5)c5ccccc5)c4)c4ccccc34)n2)cc1. The van der Waals surface area contributed by atoms with E-state index in [0.29, 0.717) is 5.82 Å². The van der Waals surface area contributed by atoms with Crippen LogP contribution in [0.5, 0.6) is 0 Å². The Kier molecular flexibility index (Phi) is 9.39. The first-order valence-corrected chi connectivity index (χ1v) is 22.2. The minimum atomic E-state index is -0.425. The maximum Gasteiger partial charge on any atom is 0.160 e. The van der Waals surface area contributed by atoms with Gasteiger partial charge in [0.25, 0.3) is 0 Å². The van der Waals surface area contributed by atoms with Gasteiger partial charge in [0.1, 0.15) is 0 Å². The number of hydrogen-bond acceptors (Lipinski definition) is 3. The quantitative estimate of drug-likeness (QED) is 0.153. The van der Waals surface area contributed by atoms with Gasteiger partial charge in [-0.15, -0.1) is 0 Å². The van der Waals surface area contributed by atoms with E-state index in [0.717, 1.165) is 50.2 Å². The summed E-state index contributed by atoms with van der Waals surface area (Å²) in [5.41, 5.74) is 18.9. The molecule has 1 aliphatic carbocycles. The fourth-order valence-electron chi connectivity index (χ4n) is 10.1. The third-order valence-electron chi connectivity index (χ3n) is 13.1. The molecule has 9 aromatic carbocycles. The van der Waals surface area contributed by atoms with Gasteiger partial charge in [0.05, 0.1) is 16.8 Å². The van der Waals surface area contributed by atoms with Crippen molar-refractivity contribution in [1.29, 1.82) is 0 Å². The number of aromatic nitrogens is 3. The van der Waals surface area contributed by atoms with Crippen LogP contribution in [-0.4, -0.2) is 15.0 Å². The number of fused-ring (bicyclic) bond motifs is 4. The largest absolute Gasteiger partial charge is 0.264 e. The molecule has 0 unspecified atom stereocenters. The number of hydrogen-bond donors (Lipinski definition) is 0. The molecule has 0 N–H and O–H groups in total. The molecule has 1 aliphatic rings. The predicted molar refractivity (Wildman–Crippen MR) is 267 cm³/mol. The average Bonchev–Trinajstić information content (AvgIpc) is 3.69. The molecule has 0 amide bonds. The van der Waals surface area contributed by atoms with Gasteiger partial charge in [-0.25, -0.2) is 9.97 Å². The van der Waals surface area contributed by atoms with Crippen LogP contribution in [0.3, 0.4) is 0 Å². The van der Waals surface area contributed by atoms with Crippen LogP contribution in [0.2, 0.25) is 0 Å². The second-order valence-corrected chi connectivity index (χ2v) is 16.7. The summed E-state index contributed by atoms with van der Waals surface area (Å²) in [6.07, 6.45) is 3.70. The highest BCUT2D eigenvalue weighted by atomic mass is 14.9. The molecule has 65 heavy (non-hydrogen) atoms. The fourth-order valence-corrected chi connectivity index (χ4v) is 10.1. The first-order chi connectivity index (χ1) is 32.2. The Morgan fingerprint density at radius 1 is 0.292 bits per heavy atom. The van der Waals surface area contributed by atoms with Crippen molar-refractivity contribution in [2.75, 3.05) is 0 Å². The Morgan fingerprint density at radius 3 is 1.57 bits per heavy atom. The van der Waals surface area contributed by atoms with Crippen molar-refractivity contribution in [3.8, 4) is 78.4 Å². The van der Waals surface area contributed by atoms with Crippen LogP contribution in [0.15, 0.2) is 249 Å². The van der Waals surface area contributed by atoms with Crippen molar-refractivity contribution in [2.24, 2.45) is 0 Å². The molecule has 0 spiro atoms. The zero-order valence-corrected chi connectivity index (χ0v) is 35.5. The summed E-state index contributed by atoms with van der Waals surface area (Å²) in [4.78, 5) is 14.8. The molecule has 0 atom stereocenters. The van der Waals surface area contributed by atoms with E-state index in [-0.39, 0.29) is 0 Å². The van der Waals surface area contributed by atoms with E-state index in [1.165, 1.54) is 55.5 Å². The summed E-state index contributed by atoms with van der Waals surface area (Å²) in [7, 11) is 0. The summed E-state index contributed by atoms with van der Waals surface area (Å²) < 4.78 is 0. The van der Waals surface area contributed by atoms with Crippen molar-refractivity contribution in [1.82, 2.24) is 15.0 Å². The predicted octanol–water partition coefficient (Wildman–Crippen LogP) is 15.4. The minimum absolute atomic E-state index is 0.425. The zero-order chi connectivity index (χ0) is 43.2. The normalized spacial score (nSPS) is 12.4. The van der Waals surface area contributed by atoms with E-state index in [1.54, 1.807) is 6.20 Å². The van der Waals surface area contributed by atoms with Crippen molar-refractivity contribution >= 4 is 10.8 Å². The van der Waals surface area contributed by atoms with E-state index in [9.17, 15) is 0 Å². The Bertz CT molecular complexity index is 3490. The van der Waals surface area contributed by atoms with Crippen molar-refractivity contribution in [3.63, 3.8) is 0 Å². The van der Waals surface area contributed by atoms with Gasteiger partial charge in [-0.3, -0.25) is 4.98 Å². The number of pyridine rings is 1. The molecule has 0 saturated heterocycles. The summed E-state index contributed by atoms with van der Waals surface area (Å²) in [5, 5.41) is 2.30. The minimum Gasteiger partial charge on any atom is -0.264 e. The van der Waals surface area contributed by atoms with Crippen LogP contribution in [0, 0.1) is 0 Å². The monoisotopic (exact) mass is 827 g/mol. The van der Waals surface area contributed by atoms with Crippen molar-refractivity contribution < 1.29 is 0 Å². The van der Waals surface area contributed by atoms with Crippen molar-refractivity contribution in [3.05, 3.63) is 271 Å². The van der Waals surface area contributed by atoms with Gasteiger partial charge in [0.15, 0.2) is 5.82 Å². The first kappa shape index (κ1) is 38.2. The summed E-state index contributed by atoms with van der Waals surface area (Å²) in [6.45, 7) is 0. The molecule has 3 heteroatoms. The second-order valence-electron chi connectivity index (χ2n) is 16.7. The third-order valence-corrected chi connectivity index (χ3v) is 13.1. The van der Waals surface area contributed by atoms with E-state index in [2.05, 4.69) is 217 Å². The van der Waals surface area contributed by atoms with Crippen molar-refractivity contribution in [2.45, 2.75) is 5.41 Å². The Labute approximate surface area is 379 Å². The molecule has 12 rings (SSSR count). The standard InChI is InChI=1S/C62H41N3/c1-4-17-42(18-5-1)61-64-59(47-22-15-20-44(38-47)48-23-16-36-63-41-48)40-60(65-61)55-34-33-51(52-28-10-11-29-53(52)55)46-21-14-19-43(37-46)45-32-35-58-56(39-45)54-30-12-13-31-57(54)62(58,49-24-6-2-7-25-49)50-26-8-3-9-27-50/h1-41H. The Hall–Kier alpha value is -8.53. The van der Waals surface area contributed by atoms with Crippen LogP contribution >= 0.6 is 0 Å². The lowest BCUT2D eigenvalue weighted by Crippen LogP contribution is -2.28. The molecule has 304 valence electrons. The lowest BCUT2D eigenvalue weighted by Gasteiger charge is -2.33. The highest BCUT2D eigenvalue weighted by molar-refractivity contribution is 6.05. The third kappa shape index (κ3) is 6.56. The van der Waals surface area contributed by atoms with Crippen LogP contribution < -0.4 is 0 Å². The highest BCUT2D eigenvalue weighted by Crippen LogP contribution is 2.56. The molecule has 0 bridgehead atoms. The molecule has 3 nitrogen and oxygen atoms in total. The van der Waals surface area contributed by atoms with Gasteiger partial charge < -0.3 is 0 Å². The van der Waals surface area contributed by atoms with E-state index in [4.69, 9.17) is 9.97 Å².